The first kappa shape index (κ1) is 11.4. The lowest BCUT2D eigenvalue weighted by atomic mass is 9.91. The summed E-state index contributed by atoms with van der Waals surface area (Å²) in [5, 5.41) is 0. The van der Waals surface area contributed by atoms with Crippen molar-refractivity contribution in [3.05, 3.63) is 11.1 Å². The molecule has 0 aliphatic rings. The van der Waals surface area contributed by atoms with Gasteiger partial charge in [0.05, 0.1) is 6.04 Å². The van der Waals surface area contributed by atoms with Gasteiger partial charge in [-0.05, 0) is 39.8 Å². The second kappa shape index (κ2) is 5.13. The Balaban J connectivity index is 4.46. The van der Waals surface area contributed by atoms with Crippen molar-refractivity contribution in [1.29, 1.82) is 0 Å². The number of hydrogen-bond donors (Lipinski definition) is 0. The van der Waals surface area contributed by atoms with Crippen LogP contribution in [0, 0.1) is 5.92 Å². The molecule has 0 aromatic heterocycles. The third-order valence-electron chi connectivity index (χ3n) is 2.90. The number of rotatable bonds is 4. The molecule has 70 valence electrons. The third-order valence-corrected chi connectivity index (χ3v) is 2.90. The fourth-order valence-corrected chi connectivity index (χ4v) is 1.19. The van der Waals surface area contributed by atoms with Crippen molar-refractivity contribution in [1.82, 2.24) is 0 Å². The zero-order valence-corrected chi connectivity index (χ0v) is 9.02. The van der Waals surface area contributed by atoms with E-state index in [1.807, 2.05) is 0 Å². The molecule has 12 heavy (non-hydrogen) atoms. The smallest absolute Gasteiger partial charge is 0.0526 e. The summed E-state index contributed by atoms with van der Waals surface area (Å²) < 4.78 is 0. The molecule has 0 aromatic carbocycles. The van der Waals surface area contributed by atoms with Gasteiger partial charge in [-0.3, -0.25) is 4.99 Å². The molecule has 2 atom stereocenters. The molecule has 0 heterocycles. The Morgan fingerprint density at radius 2 is 1.83 bits per heavy atom. The fourth-order valence-electron chi connectivity index (χ4n) is 1.19. The van der Waals surface area contributed by atoms with Crippen LogP contribution in [0.5, 0.6) is 0 Å². The van der Waals surface area contributed by atoms with E-state index in [9.17, 15) is 0 Å². The van der Waals surface area contributed by atoms with Gasteiger partial charge in [0.1, 0.15) is 0 Å². The largest absolute Gasteiger partial charge is 0.297 e. The quantitative estimate of drug-likeness (QED) is 0.449. The molecule has 0 N–H and O–H groups in total. The molecule has 0 amide bonds. The Bertz CT molecular complexity index is 179. The van der Waals surface area contributed by atoms with Crippen molar-refractivity contribution in [2.75, 3.05) is 0 Å². The molecule has 0 fully saturated rings. The molecule has 0 saturated heterocycles. The Labute approximate surface area is 76.6 Å². The van der Waals surface area contributed by atoms with Crippen LogP contribution in [0.4, 0.5) is 0 Å². The Hall–Kier alpha value is -0.590. The summed E-state index contributed by atoms with van der Waals surface area (Å²) in [7, 11) is 0. The van der Waals surface area contributed by atoms with Crippen molar-refractivity contribution in [2.24, 2.45) is 10.9 Å². The zero-order chi connectivity index (χ0) is 9.72. The van der Waals surface area contributed by atoms with Gasteiger partial charge in [-0.25, -0.2) is 0 Å². The van der Waals surface area contributed by atoms with E-state index in [-0.39, 0.29) is 0 Å². The standard InChI is InChI=1S/C11H21N/c1-7-8(2)9(3)10(4)11(5)12-6/h10-11H,6-7H2,1-5H3/b9-8+. The van der Waals surface area contributed by atoms with Crippen LogP contribution < -0.4 is 0 Å². The number of allylic oxidation sites excluding steroid dienone is 1. The van der Waals surface area contributed by atoms with Gasteiger partial charge in [0, 0.05) is 0 Å². The van der Waals surface area contributed by atoms with Crippen LogP contribution in [0.1, 0.15) is 41.0 Å². The van der Waals surface area contributed by atoms with Crippen molar-refractivity contribution < 1.29 is 0 Å². The lowest BCUT2D eigenvalue weighted by Crippen LogP contribution is -2.13. The molecule has 0 spiro atoms. The molecule has 0 aromatic rings. The van der Waals surface area contributed by atoms with Crippen LogP contribution in [0.3, 0.4) is 0 Å². The summed E-state index contributed by atoms with van der Waals surface area (Å²) in [5.74, 6) is 0.530. The highest BCUT2D eigenvalue weighted by molar-refractivity contribution is 5.25. The van der Waals surface area contributed by atoms with Crippen LogP contribution in [0.15, 0.2) is 16.1 Å². The fraction of sp³-hybridized carbons (Fsp3) is 0.727. The predicted octanol–water partition coefficient (Wildman–Crippen LogP) is 3.46. The summed E-state index contributed by atoms with van der Waals surface area (Å²) in [6.45, 7) is 14.5. The summed E-state index contributed by atoms with van der Waals surface area (Å²) in [6, 6.07) is 0.339. The highest BCUT2D eigenvalue weighted by Gasteiger charge is 2.12. The molecule has 0 radical (unpaired) electrons. The van der Waals surface area contributed by atoms with Gasteiger partial charge in [-0.1, -0.05) is 25.0 Å². The highest BCUT2D eigenvalue weighted by Crippen LogP contribution is 2.21. The van der Waals surface area contributed by atoms with Gasteiger partial charge in [-0.15, -0.1) is 0 Å². The monoisotopic (exact) mass is 167 g/mol. The molecular formula is C11H21N. The maximum absolute atomic E-state index is 4.04. The minimum absolute atomic E-state index is 0.339. The normalized spacial score (nSPS) is 18.1. The molecule has 1 nitrogen and oxygen atoms in total. The van der Waals surface area contributed by atoms with Gasteiger partial charge in [0.15, 0.2) is 0 Å². The molecule has 1 heteroatoms. The molecule has 2 unspecified atom stereocenters. The Morgan fingerprint density at radius 3 is 2.17 bits per heavy atom. The number of nitrogens with zero attached hydrogens (tertiary/aromatic N) is 1. The second-order valence-corrected chi connectivity index (χ2v) is 3.53. The van der Waals surface area contributed by atoms with E-state index in [1.54, 1.807) is 0 Å². The Kier molecular flexibility index (Phi) is 4.87. The second-order valence-electron chi connectivity index (χ2n) is 3.53. The lowest BCUT2D eigenvalue weighted by Gasteiger charge is -2.18. The van der Waals surface area contributed by atoms with Crippen molar-refractivity contribution in [2.45, 2.75) is 47.1 Å². The first-order valence-electron chi connectivity index (χ1n) is 4.66. The van der Waals surface area contributed by atoms with E-state index in [0.29, 0.717) is 12.0 Å². The molecule has 0 rings (SSSR count). The predicted molar refractivity (Wildman–Crippen MR) is 56.8 cm³/mol. The van der Waals surface area contributed by atoms with Crippen molar-refractivity contribution >= 4 is 6.72 Å². The summed E-state index contributed by atoms with van der Waals surface area (Å²) >= 11 is 0. The first-order chi connectivity index (χ1) is 5.54. The third kappa shape index (κ3) is 2.80. The van der Waals surface area contributed by atoms with Gasteiger partial charge in [-0.2, -0.15) is 0 Å². The van der Waals surface area contributed by atoms with Crippen LogP contribution in [0.2, 0.25) is 0 Å². The molecule has 0 saturated carbocycles. The van der Waals surface area contributed by atoms with Gasteiger partial charge >= 0.3 is 0 Å². The lowest BCUT2D eigenvalue weighted by molar-refractivity contribution is 0.552. The molecule has 0 aliphatic carbocycles. The molecule has 0 bridgehead atoms. The van der Waals surface area contributed by atoms with Gasteiger partial charge in [0.2, 0.25) is 0 Å². The minimum atomic E-state index is 0.339. The summed E-state index contributed by atoms with van der Waals surface area (Å²) in [6.07, 6.45) is 1.14. The van der Waals surface area contributed by atoms with E-state index < -0.39 is 0 Å². The van der Waals surface area contributed by atoms with Crippen LogP contribution in [0.25, 0.3) is 0 Å². The van der Waals surface area contributed by atoms with E-state index in [1.165, 1.54) is 11.1 Å². The molecule has 0 aliphatic heterocycles. The number of hydrogen-bond acceptors (Lipinski definition) is 1. The Morgan fingerprint density at radius 1 is 1.33 bits per heavy atom. The highest BCUT2D eigenvalue weighted by atomic mass is 14.7. The van der Waals surface area contributed by atoms with Crippen LogP contribution in [-0.2, 0) is 0 Å². The average molecular weight is 167 g/mol. The van der Waals surface area contributed by atoms with E-state index >= 15 is 0 Å². The average Bonchev–Trinajstić information content (AvgIpc) is 2.12. The van der Waals surface area contributed by atoms with Crippen LogP contribution in [-0.4, -0.2) is 12.8 Å². The van der Waals surface area contributed by atoms with E-state index in [2.05, 4.69) is 46.3 Å². The first-order valence-corrected chi connectivity index (χ1v) is 4.66. The number of aliphatic imine (C=N–C) groups is 1. The maximum Gasteiger partial charge on any atom is 0.0526 e. The van der Waals surface area contributed by atoms with E-state index in [0.717, 1.165) is 6.42 Å². The summed E-state index contributed by atoms with van der Waals surface area (Å²) in [5.41, 5.74) is 2.95. The van der Waals surface area contributed by atoms with E-state index in [4.69, 9.17) is 0 Å². The van der Waals surface area contributed by atoms with Crippen LogP contribution >= 0.6 is 0 Å². The maximum atomic E-state index is 4.04. The topological polar surface area (TPSA) is 12.4 Å². The molecular weight excluding hydrogens is 146 g/mol. The zero-order valence-electron chi connectivity index (χ0n) is 9.02. The van der Waals surface area contributed by atoms with Crippen molar-refractivity contribution in [3.8, 4) is 0 Å². The van der Waals surface area contributed by atoms with Gasteiger partial charge in [0.25, 0.3) is 0 Å². The summed E-state index contributed by atoms with van der Waals surface area (Å²) in [4.78, 5) is 4.04. The SMILES string of the molecule is C=NC(C)C(C)/C(C)=C(\C)CC. The minimum Gasteiger partial charge on any atom is -0.297 e. The van der Waals surface area contributed by atoms with Crippen molar-refractivity contribution in [3.63, 3.8) is 0 Å². The van der Waals surface area contributed by atoms with Gasteiger partial charge < -0.3 is 0 Å².